The Morgan fingerprint density at radius 1 is 0.778 bits per heavy atom. The molecule has 2 aliphatic rings. The Morgan fingerprint density at radius 2 is 1.44 bits per heavy atom. The summed E-state index contributed by atoms with van der Waals surface area (Å²) in [6.45, 7) is 2.21. The van der Waals surface area contributed by atoms with Gasteiger partial charge in [-0.05, 0) is 41.2 Å². The molecule has 0 N–H and O–H groups in total. The molecule has 88 valence electrons. The quantitative estimate of drug-likeness (QED) is 0.601. The fourth-order valence-corrected chi connectivity index (χ4v) is 2.53. The minimum Gasteiger partial charge on any atom is -0.0622 e. The number of hydrogen-bond donors (Lipinski definition) is 0. The van der Waals surface area contributed by atoms with E-state index < -0.39 is 0 Å². The molecule has 2 aliphatic carbocycles. The SMILES string of the molecule is Cc1cc2cccccc-2c1Cc1ccccc1. The molecule has 0 atom stereocenters. The van der Waals surface area contributed by atoms with Gasteiger partial charge in [-0.2, -0.15) is 0 Å². The molecule has 0 radical (unpaired) electrons. The van der Waals surface area contributed by atoms with Gasteiger partial charge in [-0.15, -0.1) is 0 Å². The average molecular weight is 232 g/mol. The van der Waals surface area contributed by atoms with E-state index in [1.807, 2.05) is 0 Å². The van der Waals surface area contributed by atoms with Gasteiger partial charge in [-0.3, -0.25) is 0 Å². The maximum absolute atomic E-state index is 2.29. The van der Waals surface area contributed by atoms with Crippen LogP contribution in [-0.2, 0) is 6.42 Å². The summed E-state index contributed by atoms with van der Waals surface area (Å²) in [6, 6.07) is 23.7. The molecule has 0 fully saturated rings. The van der Waals surface area contributed by atoms with E-state index in [9.17, 15) is 0 Å². The lowest BCUT2D eigenvalue weighted by atomic mass is 10.0. The Hall–Kier alpha value is -2.08. The molecule has 0 heterocycles. The Bertz CT molecular complexity index is 623. The second-order valence-corrected chi connectivity index (χ2v) is 4.75. The molecule has 0 aliphatic heterocycles. The largest absolute Gasteiger partial charge is 0.0622 e. The van der Waals surface area contributed by atoms with Gasteiger partial charge in [0.25, 0.3) is 0 Å². The van der Waals surface area contributed by atoms with Crippen LogP contribution in [0.1, 0.15) is 16.7 Å². The molecule has 0 bridgehead atoms. The average Bonchev–Trinajstić information content (AvgIpc) is 2.56. The zero-order chi connectivity index (χ0) is 12.4. The molecule has 18 heavy (non-hydrogen) atoms. The summed E-state index contributed by atoms with van der Waals surface area (Å²) in [5.41, 5.74) is 6.93. The minimum absolute atomic E-state index is 1.01. The first-order chi connectivity index (χ1) is 8.84. The molecule has 0 saturated heterocycles. The first kappa shape index (κ1) is 11.0. The highest BCUT2D eigenvalue weighted by Gasteiger charge is 2.11. The lowest BCUT2D eigenvalue weighted by Crippen LogP contribution is -1.89. The molecule has 0 aromatic heterocycles. The highest BCUT2D eigenvalue weighted by atomic mass is 14.2. The summed E-state index contributed by atoms with van der Waals surface area (Å²) in [4.78, 5) is 0. The minimum atomic E-state index is 1.01. The maximum atomic E-state index is 2.29. The van der Waals surface area contributed by atoms with Crippen molar-refractivity contribution in [2.75, 3.05) is 0 Å². The van der Waals surface area contributed by atoms with E-state index >= 15 is 0 Å². The van der Waals surface area contributed by atoms with E-state index in [1.54, 1.807) is 0 Å². The summed E-state index contributed by atoms with van der Waals surface area (Å²) in [5, 5.41) is 0. The van der Waals surface area contributed by atoms with Crippen LogP contribution in [0.5, 0.6) is 0 Å². The molecular formula is C18H16. The molecule has 0 saturated carbocycles. The summed E-state index contributed by atoms with van der Waals surface area (Å²) >= 11 is 0. The van der Waals surface area contributed by atoms with Crippen molar-refractivity contribution >= 4 is 0 Å². The van der Waals surface area contributed by atoms with Crippen molar-refractivity contribution in [3.63, 3.8) is 0 Å². The van der Waals surface area contributed by atoms with Gasteiger partial charge in [0.1, 0.15) is 0 Å². The van der Waals surface area contributed by atoms with Crippen LogP contribution in [-0.4, -0.2) is 0 Å². The summed E-state index contributed by atoms with van der Waals surface area (Å²) in [7, 11) is 0. The summed E-state index contributed by atoms with van der Waals surface area (Å²) in [6.07, 6.45) is 1.01. The molecule has 0 spiro atoms. The van der Waals surface area contributed by atoms with Gasteiger partial charge >= 0.3 is 0 Å². The zero-order valence-corrected chi connectivity index (χ0v) is 10.6. The van der Waals surface area contributed by atoms with Gasteiger partial charge in [0.15, 0.2) is 0 Å². The molecule has 1 aromatic carbocycles. The van der Waals surface area contributed by atoms with Crippen molar-refractivity contribution in [2.24, 2.45) is 0 Å². The molecule has 0 unspecified atom stereocenters. The number of rotatable bonds is 2. The van der Waals surface area contributed by atoms with E-state index in [0.717, 1.165) is 6.42 Å². The Kier molecular flexibility index (Phi) is 2.85. The van der Waals surface area contributed by atoms with E-state index in [0.29, 0.717) is 0 Å². The standard InChI is InChI=1S/C18H16/c1-14-12-16-10-6-3-7-11-17(16)18(14)13-15-8-4-2-5-9-15/h2-12H,13H2,1H3. The Morgan fingerprint density at radius 3 is 2.22 bits per heavy atom. The predicted molar refractivity (Wildman–Crippen MR) is 77.0 cm³/mol. The molecule has 3 rings (SSSR count). The van der Waals surface area contributed by atoms with Gasteiger partial charge in [-0.1, -0.05) is 66.7 Å². The summed E-state index contributed by atoms with van der Waals surface area (Å²) < 4.78 is 0. The van der Waals surface area contributed by atoms with E-state index in [4.69, 9.17) is 0 Å². The third-order valence-corrected chi connectivity index (χ3v) is 3.47. The van der Waals surface area contributed by atoms with Crippen LogP contribution in [0.3, 0.4) is 0 Å². The topological polar surface area (TPSA) is 0 Å². The fraction of sp³-hybridized carbons (Fsp3) is 0.111. The normalized spacial score (nSPS) is 10.7. The highest BCUT2D eigenvalue weighted by molar-refractivity contribution is 5.73. The van der Waals surface area contributed by atoms with E-state index in [-0.39, 0.29) is 0 Å². The third-order valence-electron chi connectivity index (χ3n) is 3.47. The lowest BCUT2D eigenvalue weighted by Gasteiger charge is -2.04. The van der Waals surface area contributed by atoms with Crippen LogP contribution in [0, 0.1) is 6.92 Å². The van der Waals surface area contributed by atoms with E-state index in [1.165, 1.54) is 27.8 Å². The smallest absolute Gasteiger partial charge is 0.00170 e. The predicted octanol–water partition coefficient (Wildman–Crippen LogP) is 4.69. The number of aryl methyl sites for hydroxylation is 1. The third kappa shape index (κ3) is 2.02. The molecule has 0 amide bonds. The second kappa shape index (κ2) is 4.66. The fourth-order valence-electron chi connectivity index (χ4n) is 2.53. The molecule has 0 heteroatoms. The van der Waals surface area contributed by atoms with Crippen LogP contribution < -0.4 is 0 Å². The van der Waals surface area contributed by atoms with Gasteiger partial charge in [0.2, 0.25) is 0 Å². The molecular weight excluding hydrogens is 216 g/mol. The first-order valence-electron chi connectivity index (χ1n) is 6.36. The van der Waals surface area contributed by atoms with Gasteiger partial charge in [0, 0.05) is 0 Å². The van der Waals surface area contributed by atoms with Gasteiger partial charge in [-0.25, -0.2) is 0 Å². The number of fused-ring (bicyclic) bond motifs is 1. The maximum Gasteiger partial charge on any atom is -0.00170 e. The molecule has 1 aromatic rings. The zero-order valence-electron chi connectivity index (χ0n) is 10.6. The summed E-state index contributed by atoms with van der Waals surface area (Å²) in [5.74, 6) is 0. The van der Waals surface area contributed by atoms with Crippen molar-refractivity contribution in [1.29, 1.82) is 0 Å². The Labute approximate surface area is 108 Å². The lowest BCUT2D eigenvalue weighted by molar-refractivity contribution is 1.18. The van der Waals surface area contributed by atoms with Crippen molar-refractivity contribution in [3.05, 3.63) is 83.4 Å². The number of hydrogen-bond acceptors (Lipinski definition) is 0. The second-order valence-electron chi connectivity index (χ2n) is 4.75. The van der Waals surface area contributed by atoms with Gasteiger partial charge in [0.05, 0.1) is 0 Å². The van der Waals surface area contributed by atoms with Crippen LogP contribution in [0.15, 0.2) is 66.7 Å². The van der Waals surface area contributed by atoms with Crippen LogP contribution in [0.4, 0.5) is 0 Å². The van der Waals surface area contributed by atoms with E-state index in [2.05, 4.69) is 73.7 Å². The van der Waals surface area contributed by atoms with Crippen LogP contribution in [0.25, 0.3) is 11.1 Å². The van der Waals surface area contributed by atoms with Crippen molar-refractivity contribution < 1.29 is 0 Å². The molecule has 0 nitrogen and oxygen atoms in total. The number of benzene rings is 1. The Balaban J connectivity index is 2.06. The van der Waals surface area contributed by atoms with Crippen molar-refractivity contribution in [3.8, 4) is 11.1 Å². The van der Waals surface area contributed by atoms with Crippen LogP contribution >= 0.6 is 0 Å². The first-order valence-corrected chi connectivity index (χ1v) is 6.36. The van der Waals surface area contributed by atoms with Crippen molar-refractivity contribution in [2.45, 2.75) is 13.3 Å². The van der Waals surface area contributed by atoms with Crippen LogP contribution in [0.2, 0.25) is 0 Å². The highest BCUT2D eigenvalue weighted by Crippen LogP contribution is 2.32. The van der Waals surface area contributed by atoms with Crippen molar-refractivity contribution in [1.82, 2.24) is 0 Å². The monoisotopic (exact) mass is 232 g/mol. The van der Waals surface area contributed by atoms with Gasteiger partial charge < -0.3 is 0 Å².